The third-order valence-corrected chi connectivity index (χ3v) is 4.79. The fourth-order valence-electron chi connectivity index (χ4n) is 3.19. The van der Waals surface area contributed by atoms with Crippen molar-refractivity contribution in [1.29, 1.82) is 0 Å². The molecule has 0 saturated carbocycles. The first-order valence-corrected chi connectivity index (χ1v) is 8.29. The summed E-state index contributed by atoms with van der Waals surface area (Å²) in [5, 5.41) is 7.79. The van der Waals surface area contributed by atoms with Gasteiger partial charge < -0.3 is 14.6 Å². The number of amides is 1. The SMILES string of the molecule is O=C1OC2(CCNCC2)CN1Cc1nc(-c2ccccc2Cl)no1. The highest BCUT2D eigenvalue weighted by atomic mass is 35.5. The maximum atomic E-state index is 12.2. The van der Waals surface area contributed by atoms with Crippen LogP contribution in [0.25, 0.3) is 11.4 Å². The third kappa shape index (κ3) is 2.85. The van der Waals surface area contributed by atoms with Crippen molar-refractivity contribution in [2.75, 3.05) is 19.6 Å². The van der Waals surface area contributed by atoms with Crippen LogP contribution in [0.1, 0.15) is 18.7 Å². The van der Waals surface area contributed by atoms with Crippen LogP contribution >= 0.6 is 11.6 Å². The number of aromatic nitrogens is 2. The molecule has 2 fully saturated rings. The molecule has 2 aliphatic heterocycles. The monoisotopic (exact) mass is 348 g/mol. The molecule has 126 valence electrons. The number of benzene rings is 1. The van der Waals surface area contributed by atoms with Crippen LogP contribution in [0.3, 0.4) is 0 Å². The van der Waals surface area contributed by atoms with Crippen molar-refractivity contribution < 1.29 is 14.1 Å². The molecule has 4 rings (SSSR count). The smallest absolute Gasteiger partial charge is 0.410 e. The Labute approximate surface area is 143 Å². The Morgan fingerprint density at radius 3 is 2.88 bits per heavy atom. The first kappa shape index (κ1) is 15.4. The molecule has 2 aliphatic rings. The molecule has 0 bridgehead atoms. The number of nitrogens with one attached hydrogen (secondary N) is 1. The van der Waals surface area contributed by atoms with Crippen molar-refractivity contribution in [3.63, 3.8) is 0 Å². The van der Waals surface area contributed by atoms with Crippen LogP contribution in [0.5, 0.6) is 0 Å². The van der Waals surface area contributed by atoms with Gasteiger partial charge in [-0.15, -0.1) is 0 Å². The first-order valence-electron chi connectivity index (χ1n) is 7.91. The highest BCUT2D eigenvalue weighted by Crippen LogP contribution is 2.32. The molecular formula is C16H17ClN4O3. The summed E-state index contributed by atoms with van der Waals surface area (Å²) in [6.45, 7) is 2.51. The lowest BCUT2D eigenvalue weighted by molar-refractivity contribution is 0.0316. The average molecular weight is 349 g/mol. The second-order valence-electron chi connectivity index (χ2n) is 6.15. The second-order valence-corrected chi connectivity index (χ2v) is 6.56. The van der Waals surface area contributed by atoms with E-state index in [1.54, 1.807) is 11.0 Å². The molecule has 2 aromatic rings. The van der Waals surface area contributed by atoms with E-state index in [2.05, 4.69) is 15.5 Å². The molecule has 1 N–H and O–H groups in total. The normalized spacial score (nSPS) is 19.7. The summed E-state index contributed by atoms with van der Waals surface area (Å²) in [6, 6.07) is 7.29. The molecule has 8 heteroatoms. The van der Waals surface area contributed by atoms with E-state index in [-0.39, 0.29) is 18.2 Å². The van der Waals surface area contributed by atoms with E-state index in [4.69, 9.17) is 20.9 Å². The molecule has 1 aromatic carbocycles. The zero-order chi connectivity index (χ0) is 16.6. The molecule has 0 aliphatic carbocycles. The third-order valence-electron chi connectivity index (χ3n) is 4.46. The lowest BCUT2D eigenvalue weighted by Gasteiger charge is -2.31. The highest BCUT2D eigenvalue weighted by Gasteiger charge is 2.46. The van der Waals surface area contributed by atoms with Crippen LogP contribution in [-0.4, -0.2) is 46.4 Å². The Morgan fingerprint density at radius 1 is 1.29 bits per heavy atom. The van der Waals surface area contributed by atoms with Crippen LogP contribution in [0.2, 0.25) is 5.02 Å². The Kier molecular flexibility index (Phi) is 3.90. The van der Waals surface area contributed by atoms with E-state index < -0.39 is 0 Å². The highest BCUT2D eigenvalue weighted by molar-refractivity contribution is 6.33. The number of ether oxygens (including phenoxy) is 1. The maximum Gasteiger partial charge on any atom is 0.410 e. The predicted octanol–water partition coefficient (Wildman–Crippen LogP) is 2.46. The van der Waals surface area contributed by atoms with Crippen molar-refractivity contribution in [2.24, 2.45) is 0 Å². The van der Waals surface area contributed by atoms with E-state index in [9.17, 15) is 4.79 Å². The zero-order valence-corrected chi connectivity index (χ0v) is 13.8. The standard InChI is InChI=1S/C16H17ClN4O3/c17-12-4-2-1-3-11(12)14-19-13(24-20-14)9-21-10-16(23-15(21)22)5-7-18-8-6-16/h1-4,18H,5-10H2. The maximum absolute atomic E-state index is 12.2. The fourth-order valence-corrected chi connectivity index (χ4v) is 3.41. The Morgan fingerprint density at radius 2 is 2.08 bits per heavy atom. The van der Waals surface area contributed by atoms with Crippen LogP contribution in [0, 0.1) is 0 Å². The Hall–Kier alpha value is -2.12. The molecule has 7 nitrogen and oxygen atoms in total. The van der Waals surface area contributed by atoms with Crippen LogP contribution in [0.15, 0.2) is 28.8 Å². The summed E-state index contributed by atoms with van der Waals surface area (Å²) in [7, 11) is 0. The molecule has 24 heavy (non-hydrogen) atoms. The lowest BCUT2D eigenvalue weighted by Crippen LogP contribution is -2.44. The largest absolute Gasteiger partial charge is 0.441 e. The molecule has 2 saturated heterocycles. The van der Waals surface area contributed by atoms with Crippen LogP contribution in [0.4, 0.5) is 4.79 Å². The molecule has 1 spiro atoms. The number of hydrogen-bond acceptors (Lipinski definition) is 6. The minimum atomic E-state index is -0.381. The number of nitrogens with zero attached hydrogens (tertiary/aromatic N) is 3. The quantitative estimate of drug-likeness (QED) is 0.917. The molecule has 3 heterocycles. The van der Waals surface area contributed by atoms with Gasteiger partial charge in [0, 0.05) is 18.4 Å². The number of carbonyl (C=O) groups excluding carboxylic acids is 1. The Bertz CT molecular complexity index is 757. The van der Waals surface area contributed by atoms with Crippen molar-refractivity contribution in [3.05, 3.63) is 35.2 Å². The van der Waals surface area contributed by atoms with Gasteiger partial charge in [0.2, 0.25) is 11.7 Å². The van der Waals surface area contributed by atoms with Gasteiger partial charge in [0.25, 0.3) is 0 Å². The van der Waals surface area contributed by atoms with Crippen molar-refractivity contribution in [2.45, 2.75) is 25.0 Å². The summed E-state index contributed by atoms with van der Waals surface area (Å²) >= 11 is 6.15. The number of carbonyl (C=O) groups is 1. The average Bonchev–Trinajstić information content (AvgIpc) is 3.14. The van der Waals surface area contributed by atoms with Crippen molar-refractivity contribution in [3.8, 4) is 11.4 Å². The fraction of sp³-hybridized carbons (Fsp3) is 0.438. The van der Waals surface area contributed by atoms with Gasteiger partial charge in [-0.05, 0) is 25.2 Å². The minimum absolute atomic E-state index is 0.242. The molecule has 1 aromatic heterocycles. The predicted molar refractivity (Wildman–Crippen MR) is 86.5 cm³/mol. The molecule has 0 unspecified atom stereocenters. The summed E-state index contributed by atoms with van der Waals surface area (Å²) in [5.74, 6) is 0.785. The lowest BCUT2D eigenvalue weighted by atomic mass is 9.92. The van der Waals surface area contributed by atoms with Gasteiger partial charge in [0.1, 0.15) is 12.1 Å². The number of halogens is 1. The number of piperidine rings is 1. The number of hydrogen-bond donors (Lipinski definition) is 1. The molecule has 0 radical (unpaired) electrons. The van der Waals surface area contributed by atoms with E-state index >= 15 is 0 Å². The summed E-state index contributed by atoms with van der Waals surface area (Å²) < 4.78 is 10.9. The second kappa shape index (κ2) is 6.07. The minimum Gasteiger partial charge on any atom is -0.441 e. The van der Waals surface area contributed by atoms with E-state index in [0.29, 0.717) is 28.8 Å². The van der Waals surface area contributed by atoms with Gasteiger partial charge in [-0.2, -0.15) is 4.98 Å². The van der Waals surface area contributed by atoms with Crippen molar-refractivity contribution in [1.82, 2.24) is 20.4 Å². The molecule has 1 amide bonds. The van der Waals surface area contributed by atoms with Gasteiger partial charge in [-0.3, -0.25) is 4.90 Å². The van der Waals surface area contributed by atoms with Crippen LogP contribution < -0.4 is 5.32 Å². The van der Waals surface area contributed by atoms with Crippen molar-refractivity contribution >= 4 is 17.7 Å². The summed E-state index contributed by atoms with van der Waals surface area (Å²) in [6.07, 6.45) is 1.32. The Balaban J connectivity index is 1.48. The van der Waals surface area contributed by atoms with E-state index in [0.717, 1.165) is 25.9 Å². The van der Waals surface area contributed by atoms with Crippen LogP contribution in [-0.2, 0) is 11.3 Å². The summed E-state index contributed by atoms with van der Waals surface area (Å²) in [4.78, 5) is 18.1. The van der Waals surface area contributed by atoms with Gasteiger partial charge in [0.15, 0.2) is 0 Å². The van der Waals surface area contributed by atoms with Gasteiger partial charge in [-0.25, -0.2) is 4.79 Å². The zero-order valence-electron chi connectivity index (χ0n) is 13.0. The number of rotatable bonds is 3. The summed E-state index contributed by atoms with van der Waals surface area (Å²) in [5.41, 5.74) is 0.321. The van der Waals surface area contributed by atoms with E-state index in [1.807, 2.05) is 18.2 Å². The van der Waals surface area contributed by atoms with E-state index in [1.165, 1.54) is 0 Å². The first-order chi connectivity index (χ1) is 11.7. The molecule has 0 atom stereocenters. The van der Waals surface area contributed by atoms with Gasteiger partial charge in [0.05, 0.1) is 11.6 Å². The molecular weight excluding hydrogens is 332 g/mol. The van der Waals surface area contributed by atoms with Gasteiger partial charge >= 0.3 is 6.09 Å². The topological polar surface area (TPSA) is 80.5 Å². The van der Waals surface area contributed by atoms with Gasteiger partial charge in [-0.1, -0.05) is 28.9 Å².